The van der Waals surface area contributed by atoms with E-state index in [-0.39, 0.29) is 17.7 Å². The molecule has 0 aromatic heterocycles. The molecule has 0 radical (unpaired) electrons. The van der Waals surface area contributed by atoms with Crippen LogP contribution in [0.3, 0.4) is 0 Å². The molecule has 0 aromatic carbocycles. The summed E-state index contributed by atoms with van der Waals surface area (Å²) in [4.78, 5) is 23.5. The lowest BCUT2D eigenvalue weighted by atomic mass is 9.97. The first kappa shape index (κ1) is 15.0. The molecular formula is C14H25NO3. The number of rotatable bonds is 4. The van der Waals surface area contributed by atoms with Gasteiger partial charge in [0, 0.05) is 18.4 Å². The van der Waals surface area contributed by atoms with Crippen LogP contribution >= 0.6 is 0 Å². The maximum Gasteiger partial charge on any atom is 0.407 e. The van der Waals surface area contributed by atoms with Crippen molar-refractivity contribution in [3.8, 4) is 0 Å². The molecule has 1 unspecified atom stereocenters. The number of hydrogen-bond donors (Lipinski definition) is 1. The zero-order valence-corrected chi connectivity index (χ0v) is 11.9. The highest BCUT2D eigenvalue weighted by Gasteiger charge is 2.25. The van der Waals surface area contributed by atoms with Gasteiger partial charge in [0.1, 0.15) is 11.4 Å². The van der Waals surface area contributed by atoms with Crippen LogP contribution in [0.15, 0.2) is 0 Å². The van der Waals surface area contributed by atoms with E-state index in [1.807, 2.05) is 27.7 Å². The number of carbonyl (C=O) groups is 2. The zero-order valence-electron chi connectivity index (χ0n) is 11.9. The maximum absolute atomic E-state index is 11.9. The quantitative estimate of drug-likeness (QED) is 0.840. The Labute approximate surface area is 109 Å². The molecule has 1 amide bonds. The number of hydrogen-bond acceptors (Lipinski definition) is 3. The van der Waals surface area contributed by atoms with E-state index in [2.05, 4.69) is 5.32 Å². The van der Waals surface area contributed by atoms with Crippen molar-refractivity contribution in [2.75, 3.05) is 0 Å². The molecule has 1 aliphatic rings. The fourth-order valence-corrected chi connectivity index (χ4v) is 2.28. The average molecular weight is 255 g/mol. The number of Topliss-reactive ketones (excluding diaryl/α,β-unsaturated/α-hetero) is 1. The van der Waals surface area contributed by atoms with Gasteiger partial charge in [0.25, 0.3) is 0 Å². The molecule has 0 heterocycles. The summed E-state index contributed by atoms with van der Waals surface area (Å²) in [5.41, 5.74) is -0.501. The molecule has 1 fully saturated rings. The van der Waals surface area contributed by atoms with Crippen LogP contribution in [0.2, 0.25) is 0 Å². The second kappa shape index (κ2) is 6.21. The molecule has 0 aromatic rings. The van der Waals surface area contributed by atoms with Crippen molar-refractivity contribution in [2.24, 2.45) is 5.92 Å². The number of alkyl carbamates (subject to hydrolysis) is 1. The Hall–Kier alpha value is -1.06. The van der Waals surface area contributed by atoms with E-state index in [4.69, 9.17) is 4.74 Å². The molecular weight excluding hydrogens is 230 g/mol. The average Bonchev–Trinajstić information content (AvgIpc) is 2.65. The summed E-state index contributed by atoms with van der Waals surface area (Å²) in [6.45, 7) is 7.31. The van der Waals surface area contributed by atoms with Crippen LogP contribution in [-0.4, -0.2) is 23.5 Å². The van der Waals surface area contributed by atoms with E-state index in [0.29, 0.717) is 6.42 Å². The normalized spacial score (nSPS) is 18.4. The summed E-state index contributed by atoms with van der Waals surface area (Å²) >= 11 is 0. The van der Waals surface area contributed by atoms with Gasteiger partial charge < -0.3 is 10.1 Å². The molecule has 0 aliphatic heterocycles. The van der Waals surface area contributed by atoms with Crippen molar-refractivity contribution in [1.82, 2.24) is 5.32 Å². The van der Waals surface area contributed by atoms with Crippen molar-refractivity contribution < 1.29 is 14.3 Å². The maximum atomic E-state index is 11.9. The number of ketones is 1. The first-order valence-electron chi connectivity index (χ1n) is 6.80. The van der Waals surface area contributed by atoms with Crippen molar-refractivity contribution in [3.05, 3.63) is 0 Å². The fraction of sp³-hybridized carbons (Fsp3) is 0.857. The Balaban J connectivity index is 2.30. The first-order valence-corrected chi connectivity index (χ1v) is 6.80. The van der Waals surface area contributed by atoms with Gasteiger partial charge in [0.2, 0.25) is 0 Å². The molecule has 0 spiro atoms. The first-order chi connectivity index (χ1) is 8.28. The lowest BCUT2D eigenvalue weighted by molar-refractivity contribution is -0.123. The number of amides is 1. The van der Waals surface area contributed by atoms with Gasteiger partial charge in [-0.1, -0.05) is 12.8 Å². The minimum absolute atomic E-state index is 0.159. The van der Waals surface area contributed by atoms with Gasteiger partial charge in [0.15, 0.2) is 0 Å². The molecule has 0 bridgehead atoms. The monoisotopic (exact) mass is 255 g/mol. The third kappa shape index (κ3) is 5.52. The number of nitrogens with one attached hydrogen (secondary N) is 1. The molecule has 1 rings (SSSR count). The predicted molar refractivity (Wildman–Crippen MR) is 70.4 cm³/mol. The lowest BCUT2D eigenvalue weighted by Gasteiger charge is -2.22. The van der Waals surface area contributed by atoms with Crippen molar-refractivity contribution in [3.63, 3.8) is 0 Å². The van der Waals surface area contributed by atoms with Gasteiger partial charge in [-0.3, -0.25) is 4.79 Å². The highest BCUT2D eigenvalue weighted by Crippen LogP contribution is 2.26. The molecule has 4 heteroatoms. The van der Waals surface area contributed by atoms with E-state index < -0.39 is 11.7 Å². The third-order valence-corrected chi connectivity index (χ3v) is 3.08. The number of ether oxygens (including phenoxy) is 1. The highest BCUT2D eigenvalue weighted by molar-refractivity contribution is 5.82. The van der Waals surface area contributed by atoms with Crippen LogP contribution in [0.5, 0.6) is 0 Å². The SMILES string of the molecule is CC(CC(=O)C1CCCC1)NC(=O)OC(C)(C)C. The topological polar surface area (TPSA) is 55.4 Å². The summed E-state index contributed by atoms with van der Waals surface area (Å²) < 4.78 is 5.15. The minimum Gasteiger partial charge on any atom is -0.444 e. The lowest BCUT2D eigenvalue weighted by Crippen LogP contribution is -2.39. The van der Waals surface area contributed by atoms with Gasteiger partial charge in [-0.25, -0.2) is 4.79 Å². The second-order valence-corrected chi connectivity index (χ2v) is 6.20. The van der Waals surface area contributed by atoms with Gasteiger partial charge in [-0.15, -0.1) is 0 Å². The standard InChI is InChI=1S/C14H25NO3/c1-10(15-13(17)18-14(2,3)4)9-12(16)11-7-5-6-8-11/h10-11H,5-9H2,1-4H3,(H,15,17). The van der Waals surface area contributed by atoms with Crippen LogP contribution in [-0.2, 0) is 9.53 Å². The second-order valence-electron chi connectivity index (χ2n) is 6.20. The number of carbonyl (C=O) groups excluding carboxylic acids is 2. The third-order valence-electron chi connectivity index (χ3n) is 3.08. The molecule has 1 saturated carbocycles. The summed E-state index contributed by atoms with van der Waals surface area (Å²) in [5, 5.41) is 2.71. The smallest absolute Gasteiger partial charge is 0.407 e. The molecule has 0 saturated heterocycles. The Bertz CT molecular complexity index is 301. The molecule has 4 nitrogen and oxygen atoms in total. The largest absolute Gasteiger partial charge is 0.444 e. The van der Waals surface area contributed by atoms with Crippen LogP contribution in [0.25, 0.3) is 0 Å². The Morgan fingerprint density at radius 2 is 1.83 bits per heavy atom. The molecule has 104 valence electrons. The summed E-state index contributed by atoms with van der Waals surface area (Å²) in [7, 11) is 0. The minimum atomic E-state index is -0.501. The Morgan fingerprint density at radius 1 is 1.28 bits per heavy atom. The van der Waals surface area contributed by atoms with Crippen molar-refractivity contribution >= 4 is 11.9 Å². The van der Waals surface area contributed by atoms with E-state index in [0.717, 1.165) is 25.7 Å². The zero-order chi connectivity index (χ0) is 13.8. The molecule has 1 N–H and O–H groups in total. The van der Waals surface area contributed by atoms with Crippen molar-refractivity contribution in [2.45, 2.75) is 71.4 Å². The van der Waals surface area contributed by atoms with E-state index in [9.17, 15) is 9.59 Å². The van der Waals surface area contributed by atoms with Gasteiger partial charge in [-0.05, 0) is 40.5 Å². The van der Waals surface area contributed by atoms with Crippen LogP contribution in [0.4, 0.5) is 4.79 Å². The summed E-state index contributed by atoms with van der Waals surface area (Å²) in [6.07, 6.45) is 4.29. The van der Waals surface area contributed by atoms with Crippen molar-refractivity contribution in [1.29, 1.82) is 0 Å². The molecule has 18 heavy (non-hydrogen) atoms. The van der Waals surface area contributed by atoms with E-state index in [1.54, 1.807) is 0 Å². The van der Waals surface area contributed by atoms with E-state index >= 15 is 0 Å². The van der Waals surface area contributed by atoms with E-state index in [1.165, 1.54) is 0 Å². The van der Waals surface area contributed by atoms with Gasteiger partial charge in [-0.2, -0.15) is 0 Å². The summed E-state index contributed by atoms with van der Waals surface area (Å²) in [5.74, 6) is 0.490. The summed E-state index contributed by atoms with van der Waals surface area (Å²) in [6, 6.07) is -0.159. The predicted octanol–water partition coefficient (Wildman–Crippen LogP) is 3.05. The Morgan fingerprint density at radius 3 is 2.33 bits per heavy atom. The fourth-order valence-electron chi connectivity index (χ4n) is 2.28. The van der Waals surface area contributed by atoms with Gasteiger partial charge >= 0.3 is 6.09 Å². The van der Waals surface area contributed by atoms with Crippen LogP contribution in [0, 0.1) is 5.92 Å². The van der Waals surface area contributed by atoms with Gasteiger partial charge in [0.05, 0.1) is 0 Å². The Kier molecular flexibility index (Phi) is 5.17. The van der Waals surface area contributed by atoms with Crippen LogP contribution < -0.4 is 5.32 Å². The van der Waals surface area contributed by atoms with Crippen LogP contribution in [0.1, 0.15) is 59.8 Å². The molecule has 1 aliphatic carbocycles. The highest BCUT2D eigenvalue weighted by atomic mass is 16.6. The molecule has 1 atom stereocenters.